The van der Waals surface area contributed by atoms with Crippen molar-refractivity contribution >= 4 is 5.91 Å². The largest absolute Gasteiger partial charge is 0.384 e. The summed E-state index contributed by atoms with van der Waals surface area (Å²) in [6.45, 7) is 4.32. The molecule has 4 heteroatoms. The Hall–Kier alpha value is -1.39. The number of carbonyl (C=O) groups excluding carboxylic acids is 1. The standard InChI is InChI=1S/C16H24N2O2/c1-16(20,14-5-3-2-4-6-14)12-18-9-7-13(8-10-18)11-15(17)19/h2-6,13,20H,7-12H2,1H3,(H2,17,19). The van der Waals surface area contributed by atoms with E-state index < -0.39 is 5.60 Å². The Labute approximate surface area is 120 Å². The second-order valence-corrected chi connectivity index (χ2v) is 6.03. The molecule has 1 atom stereocenters. The molecule has 1 heterocycles. The SMILES string of the molecule is CC(O)(CN1CCC(CC(N)=O)CC1)c1ccccc1. The number of nitrogens with two attached hydrogens (primary N) is 1. The summed E-state index contributed by atoms with van der Waals surface area (Å²) in [4.78, 5) is 13.2. The zero-order chi connectivity index (χ0) is 14.6. The maximum Gasteiger partial charge on any atom is 0.217 e. The number of primary amides is 1. The van der Waals surface area contributed by atoms with E-state index in [4.69, 9.17) is 5.73 Å². The fraction of sp³-hybridized carbons (Fsp3) is 0.562. The molecule has 20 heavy (non-hydrogen) atoms. The van der Waals surface area contributed by atoms with Gasteiger partial charge in [-0.2, -0.15) is 0 Å². The summed E-state index contributed by atoms with van der Waals surface area (Å²) in [7, 11) is 0. The number of piperidine rings is 1. The molecular formula is C16H24N2O2. The first kappa shape index (κ1) is 15.0. The van der Waals surface area contributed by atoms with Crippen LogP contribution in [0.25, 0.3) is 0 Å². The molecule has 0 radical (unpaired) electrons. The van der Waals surface area contributed by atoms with Crippen LogP contribution in [0, 0.1) is 5.92 Å². The second-order valence-electron chi connectivity index (χ2n) is 6.03. The molecule has 0 spiro atoms. The summed E-state index contributed by atoms with van der Waals surface area (Å²) < 4.78 is 0. The number of β-amino-alcohol motifs (C(OH)–C–C–N with tert-alkyl or cyclic N) is 1. The topological polar surface area (TPSA) is 66.6 Å². The van der Waals surface area contributed by atoms with Crippen LogP contribution in [0.15, 0.2) is 30.3 Å². The van der Waals surface area contributed by atoms with E-state index in [9.17, 15) is 9.90 Å². The molecule has 1 saturated heterocycles. The van der Waals surface area contributed by atoms with E-state index in [0.717, 1.165) is 31.5 Å². The summed E-state index contributed by atoms with van der Waals surface area (Å²) >= 11 is 0. The molecule has 1 aliphatic rings. The Kier molecular flexibility index (Phi) is 4.78. The van der Waals surface area contributed by atoms with E-state index >= 15 is 0 Å². The minimum absolute atomic E-state index is 0.209. The number of amides is 1. The van der Waals surface area contributed by atoms with Gasteiger partial charge in [-0.15, -0.1) is 0 Å². The number of hydrogen-bond acceptors (Lipinski definition) is 3. The first-order valence-electron chi connectivity index (χ1n) is 7.26. The van der Waals surface area contributed by atoms with E-state index in [1.54, 1.807) is 0 Å². The first-order chi connectivity index (χ1) is 9.47. The summed E-state index contributed by atoms with van der Waals surface area (Å²) in [6.07, 6.45) is 2.45. The van der Waals surface area contributed by atoms with Crippen LogP contribution in [0.5, 0.6) is 0 Å². The van der Waals surface area contributed by atoms with Gasteiger partial charge in [0, 0.05) is 13.0 Å². The molecule has 3 N–H and O–H groups in total. The van der Waals surface area contributed by atoms with Gasteiger partial charge in [-0.05, 0) is 44.3 Å². The fourth-order valence-electron chi connectivity index (χ4n) is 2.96. The molecule has 0 aliphatic carbocycles. The highest BCUT2D eigenvalue weighted by Gasteiger charge is 2.28. The average molecular weight is 276 g/mol. The van der Waals surface area contributed by atoms with Gasteiger partial charge in [0.05, 0.1) is 5.60 Å². The number of hydrogen-bond donors (Lipinski definition) is 2. The van der Waals surface area contributed by atoms with Crippen molar-refractivity contribution in [1.82, 2.24) is 4.90 Å². The summed E-state index contributed by atoms with van der Waals surface area (Å²) in [5.41, 5.74) is 5.35. The molecule has 1 fully saturated rings. The molecule has 0 saturated carbocycles. The van der Waals surface area contributed by atoms with Crippen molar-refractivity contribution in [2.45, 2.75) is 31.8 Å². The van der Waals surface area contributed by atoms with Gasteiger partial charge in [-0.25, -0.2) is 0 Å². The van der Waals surface area contributed by atoms with Gasteiger partial charge >= 0.3 is 0 Å². The molecule has 4 nitrogen and oxygen atoms in total. The molecule has 1 amide bonds. The van der Waals surface area contributed by atoms with Crippen molar-refractivity contribution in [3.63, 3.8) is 0 Å². The van der Waals surface area contributed by atoms with Crippen LogP contribution in [0.1, 0.15) is 31.7 Å². The van der Waals surface area contributed by atoms with Gasteiger partial charge in [0.15, 0.2) is 0 Å². The normalized spacial score (nSPS) is 20.5. The lowest BCUT2D eigenvalue weighted by atomic mass is 9.90. The lowest BCUT2D eigenvalue weighted by Crippen LogP contribution is -2.43. The Balaban J connectivity index is 1.87. The monoisotopic (exact) mass is 276 g/mol. The van der Waals surface area contributed by atoms with Crippen molar-refractivity contribution in [1.29, 1.82) is 0 Å². The van der Waals surface area contributed by atoms with Crippen LogP contribution >= 0.6 is 0 Å². The Morgan fingerprint density at radius 2 is 1.95 bits per heavy atom. The van der Waals surface area contributed by atoms with Crippen molar-refractivity contribution < 1.29 is 9.90 Å². The van der Waals surface area contributed by atoms with E-state index in [0.29, 0.717) is 18.9 Å². The summed E-state index contributed by atoms with van der Waals surface area (Å²) in [5, 5.41) is 10.6. The zero-order valence-electron chi connectivity index (χ0n) is 12.1. The van der Waals surface area contributed by atoms with Crippen LogP contribution in [-0.4, -0.2) is 35.5 Å². The predicted octanol–water partition coefficient (Wildman–Crippen LogP) is 1.48. The van der Waals surface area contributed by atoms with Gasteiger partial charge in [-0.1, -0.05) is 30.3 Å². The molecule has 0 bridgehead atoms. The van der Waals surface area contributed by atoms with Gasteiger partial charge < -0.3 is 15.7 Å². The minimum atomic E-state index is -0.836. The molecule has 0 aromatic heterocycles. The van der Waals surface area contributed by atoms with E-state index in [2.05, 4.69) is 4.90 Å². The quantitative estimate of drug-likeness (QED) is 0.856. The Bertz CT molecular complexity index is 437. The van der Waals surface area contributed by atoms with Gasteiger partial charge in [0.1, 0.15) is 0 Å². The zero-order valence-corrected chi connectivity index (χ0v) is 12.1. The van der Waals surface area contributed by atoms with Gasteiger partial charge in [0.2, 0.25) is 5.91 Å². The minimum Gasteiger partial charge on any atom is -0.384 e. The third-order valence-electron chi connectivity index (χ3n) is 4.12. The highest BCUT2D eigenvalue weighted by Crippen LogP contribution is 2.25. The average Bonchev–Trinajstić information content (AvgIpc) is 2.41. The van der Waals surface area contributed by atoms with Crippen molar-refractivity contribution in [3.8, 4) is 0 Å². The number of aliphatic hydroxyl groups is 1. The lowest BCUT2D eigenvalue weighted by Gasteiger charge is -2.36. The molecule has 1 unspecified atom stereocenters. The number of likely N-dealkylation sites (tertiary alicyclic amines) is 1. The van der Waals surface area contributed by atoms with Crippen molar-refractivity contribution in [2.75, 3.05) is 19.6 Å². The van der Waals surface area contributed by atoms with Crippen molar-refractivity contribution in [3.05, 3.63) is 35.9 Å². The van der Waals surface area contributed by atoms with Crippen LogP contribution in [0.4, 0.5) is 0 Å². The molecule has 2 rings (SSSR count). The van der Waals surface area contributed by atoms with Crippen LogP contribution < -0.4 is 5.73 Å². The molecule has 1 aromatic carbocycles. The molecule has 1 aliphatic heterocycles. The second kappa shape index (κ2) is 6.37. The van der Waals surface area contributed by atoms with Crippen LogP contribution in [-0.2, 0) is 10.4 Å². The Morgan fingerprint density at radius 3 is 2.50 bits per heavy atom. The predicted molar refractivity (Wildman–Crippen MR) is 79.0 cm³/mol. The fourth-order valence-corrected chi connectivity index (χ4v) is 2.96. The van der Waals surface area contributed by atoms with Crippen molar-refractivity contribution in [2.24, 2.45) is 11.7 Å². The van der Waals surface area contributed by atoms with E-state index in [1.165, 1.54) is 0 Å². The molecule has 110 valence electrons. The van der Waals surface area contributed by atoms with Crippen LogP contribution in [0.2, 0.25) is 0 Å². The Morgan fingerprint density at radius 1 is 1.35 bits per heavy atom. The van der Waals surface area contributed by atoms with E-state index in [-0.39, 0.29) is 5.91 Å². The third-order valence-corrected chi connectivity index (χ3v) is 4.12. The molecule has 1 aromatic rings. The maximum absolute atomic E-state index is 10.9. The number of carbonyl (C=O) groups is 1. The number of nitrogens with zero attached hydrogens (tertiary/aromatic N) is 1. The number of rotatable bonds is 5. The summed E-state index contributed by atoms with van der Waals surface area (Å²) in [5.74, 6) is 0.199. The highest BCUT2D eigenvalue weighted by molar-refractivity contribution is 5.73. The third kappa shape index (κ3) is 4.05. The first-order valence-corrected chi connectivity index (χ1v) is 7.26. The van der Waals surface area contributed by atoms with Gasteiger partial charge in [-0.3, -0.25) is 4.79 Å². The number of benzene rings is 1. The van der Waals surface area contributed by atoms with E-state index in [1.807, 2.05) is 37.3 Å². The smallest absolute Gasteiger partial charge is 0.217 e. The van der Waals surface area contributed by atoms with Gasteiger partial charge in [0.25, 0.3) is 0 Å². The highest BCUT2D eigenvalue weighted by atomic mass is 16.3. The van der Waals surface area contributed by atoms with Crippen LogP contribution in [0.3, 0.4) is 0 Å². The maximum atomic E-state index is 10.9. The molecular weight excluding hydrogens is 252 g/mol. The lowest BCUT2D eigenvalue weighted by molar-refractivity contribution is -0.119. The summed E-state index contributed by atoms with van der Waals surface area (Å²) in [6, 6.07) is 9.76.